The molecule has 6 heteroatoms. The van der Waals surface area contributed by atoms with E-state index < -0.39 is 5.79 Å². The van der Waals surface area contributed by atoms with Crippen molar-refractivity contribution in [3.8, 4) is 0 Å². The van der Waals surface area contributed by atoms with Crippen molar-refractivity contribution in [2.24, 2.45) is 5.92 Å². The summed E-state index contributed by atoms with van der Waals surface area (Å²) in [6, 6.07) is 0. The second-order valence-corrected chi connectivity index (χ2v) is 6.60. The van der Waals surface area contributed by atoms with Crippen LogP contribution in [0, 0.1) is 5.92 Å². The molecule has 2 aliphatic rings. The van der Waals surface area contributed by atoms with Crippen molar-refractivity contribution < 1.29 is 19.1 Å². The highest BCUT2D eigenvalue weighted by Crippen LogP contribution is 2.31. The lowest BCUT2D eigenvalue weighted by Gasteiger charge is -2.37. The van der Waals surface area contributed by atoms with Gasteiger partial charge >= 0.3 is 0 Å². The maximum atomic E-state index is 12.3. The van der Waals surface area contributed by atoms with Crippen LogP contribution in [0.3, 0.4) is 0 Å². The van der Waals surface area contributed by atoms with Gasteiger partial charge in [0.05, 0.1) is 13.2 Å². The maximum Gasteiger partial charge on any atom is 0.224 e. The van der Waals surface area contributed by atoms with E-state index in [0.717, 1.165) is 12.8 Å². The van der Waals surface area contributed by atoms with E-state index in [9.17, 15) is 9.59 Å². The van der Waals surface area contributed by atoms with Gasteiger partial charge in [-0.2, -0.15) is 0 Å². The lowest BCUT2D eigenvalue weighted by Crippen LogP contribution is -2.48. The third-order valence-corrected chi connectivity index (χ3v) is 4.32. The van der Waals surface area contributed by atoms with Crippen molar-refractivity contribution in [2.75, 3.05) is 39.4 Å². The number of nitrogens with zero attached hydrogens (tertiary/aromatic N) is 2. The highest BCUT2D eigenvalue weighted by molar-refractivity contribution is 5.78. The Morgan fingerprint density at radius 1 is 1.18 bits per heavy atom. The Bertz CT molecular complexity index is 395. The quantitative estimate of drug-likeness (QED) is 0.766. The molecule has 2 heterocycles. The maximum absolute atomic E-state index is 12.3. The first-order valence-corrected chi connectivity index (χ1v) is 8.23. The second-order valence-electron chi connectivity index (χ2n) is 6.60. The largest absolute Gasteiger partial charge is 0.347 e. The lowest BCUT2D eigenvalue weighted by atomic mass is 10.0. The summed E-state index contributed by atoms with van der Waals surface area (Å²) in [5.74, 6) is 0.111. The van der Waals surface area contributed by atoms with Crippen LogP contribution in [0.15, 0.2) is 0 Å². The second kappa shape index (κ2) is 7.42. The average molecular weight is 312 g/mol. The van der Waals surface area contributed by atoms with Crippen molar-refractivity contribution in [1.82, 2.24) is 9.80 Å². The van der Waals surface area contributed by atoms with Gasteiger partial charge < -0.3 is 19.3 Å². The van der Waals surface area contributed by atoms with Gasteiger partial charge in [-0.1, -0.05) is 13.8 Å². The fraction of sp³-hybridized carbons (Fsp3) is 0.875. The topological polar surface area (TPSA) is 59.1 Å². The predicted molar refractivity (Wildman–Crippen MR) is 82.2 cm³/mol. The van der Waals surface area contributed by atoms with Gasteiger partial charge in [0.15, 0.2) is 5.79 Å². The van der Waals surface area contributed by atoms with Crippen molar-refractivity contribution in [2.45, 2.75) is 45.8 Å². The molecule has 22 heavy (non-hydrogen) atoms. The van der Waals surface area contributed by atoms with Crippen molar-refractivity contribution >= 4 is 11.8 Å². The van der Waals surface area contributed by atoms with Crippen molar-refractivity contribution in [1.29, 1.82) is 0 Å². The van der Waals surface area contributed by atoms with Crippen LogP contribution >= 0.6 is 0 Å². The predicted octanol–water partition coefficient (Wildman–Crippen LogP) is 1.25. The molecule has 2 amide bonds. The number of piperidine rings is 1. The first-order chi connectivity index (χ1) is 10.4. The number of rotatable bonds is 5. The zero-order valence-electron chi connectivity index (χ0n) is 14.0. The van der Waals surface area contributed by atoms with E-state index in [1.165, 1.54) is 0 Å². The molecule has 2 saturated heterocycles. The Balaban J connectivity index is 1.76. The summed E-state index contributed by atoms with van der Waals surface area (Å²) in [5, 5.41) is 0. The standard InChI is InChI=1S/C16H28N2O4/c1-13(2)12-18(14(3)19)7-4-15(20)17-8-5-16(6-9-17)21-10-11-22-16/h13H,4-12H2,1-3H3. The number of ether oxygens (including phenoxy) is 2. The molecule has 2 rings (SSSR count). The third-order valence-electron chi connectivity index (χ3n) is 4.32. The van der Waals surface area contributed by atoms with Gasteiger partial charge in [-0.25, -0.2) is 0 Å². The fourth-order valence-corrected chi connectivity index (χ4v) is 3.09. The van der Waals surface area contributed by atoms with Crippen LogP contribution in [-0.2, 0) is 19.1 Å². The highest BCUT2D eigenvalue weighted by atomic mass is 16.7. The molecule has 126 valence electrons. The summed E-state index contributed by atoms with van der Waals surface area (Å²) >= 11 is 0. The molecule has 0 bridgehead atoms. The monoisotopic (exact) mass is 312 g/mol. The molecular formula is C16H28N2O4. The molecule has 0 aromatic carbocycles. The number of carbonyl (C=O) groups is 2. The van der Waals surface area contributed by atoms with Gasteiger partial charge in [-0.15, -0.1) is 0 Å². The van der Waals surface area contributed by atoms with E-state index in [1.54, 1.807) is 11.8 Å². The van der Waals surface area contributed by atoms with E-state index in [0.29, 0.717) is 51.7 Å². The lowest BCUT2D eigenvalue weighted by molar-refractivity contribution is -0.187. The Morgan fingerprint density at radius 2 is 1.77 bits per heavy atom. The molecule has 0 saturated carbocycles. The van der Waals surface area contributed by atoms with Crippen LogP contribution in [-0.4, -0.2) is 66.8 Å². The van der Waals surface area contributed by atoms with Crippen molar-refractivity contribution in [3.63, 3.8) is 0 Å². The zero-order valence-corrected chi connectivity index (χ0v) is 14.0. The molecule has 0 N–H and O–H groups in total. The molecule has 6 nitrogen and oxygen atoms in total. The summed E-state index contributed by atoms with van der Waals surface area (Å²) in [4.78, 5) is 27.6. The van der Waals surface area contributed by atoms with Gasteiger partial charge in [0.2, 0.25) is 11.8 Å². The summed E-state index contributed by atoms with van der Waals surface area (Å²) < 4.78 is 11.3. The van der Waals surface area contributed by atoms with E-state index >= 15 is 0 Å². The number of carbonyl (C=O) groups excluding carboxylic acids is 2. The summed E-state index contributed by atoms with van der Waals surface area (Å²) in [5.41, 5.74) is 0. The minimum absolute atomic E-state index is 0.0341. The molecule has 0 unspecified atom stereocenters. The normalized spacial score (nSPS) is 20.6. The van der Waals surface area contributed by atoms with Gasteiger partial charge in [-0.05, 0) is 5.92 Å². The summed E-state index contributed by atoms with van der Waals surface area (Å²) in [6.07, 6.45) is 1.86. The molecule has 1 spiro atoms. The van der Waals surface area contributed by atoms with Crippen molar-refractivity contribution in [3.05, 3.63) is 0 Å². The van der Waals surface area contributed by atoms with Gasteiger partial charge in [0, 0.05) is 52.4 Å². The molecule has 0 aliphatic carbocycles. The van der Waals surface area contributed by atoms with Gasteiger partial charge in [-0.3, -0.25) is 9.59 Å². The van der Waals surface area contributed by atoms with E-state index in [-0.39, 0.29) is 11.8 Å². The number of hydrogen-bond donors (Lipinski definition) is 0. The molecule has 0 radical (unpaired) electrons. The van der Waals surface area contributed by atoms with Crippen LogP contribution in [0.2, 0.25) is 0 Å². The minimum atomic E-state index is -0.445. The van der Waals surface area contributed by atoms with E-state index in [1.807, 2.05) is 4.90 Å². The number of likely N-dealkylation sites (tertiary alicyclic amines) is 1. The number of hydrogen-bond acceptors (Lipinski definition) is 4. The smallest absolute Gasteiger partial charge is 0.224 e. The van der Waals surface area contributed by atoms with Crippen LogP contribution in [0.4, 0.5) is 0 Å². The molecule has 0 aromatic heterocycles. The van der Waals surface area contributed by atoms with Crippen LogP contribution < -0.4 is 0 Å². The first-order valence-electron chi connectivity index (χ1n) is 8.23. The first kappa shape index (κ1) is 17.2. The van der Waals surface area contributed by atoms with Crippen LogP contribution in [0.1, 0.15) is 40.0 Å². The Morgan fingerprint density at radius 3 is 2.27 bits per heavy atom. The molecule has 0 atom stereocenters. The Hall–Kier alpha value is -1.14. The summed E-state index contributed by atoms with van der Waals surface area (Å²) in [6.45, 7) is 9.55. The van der Waals surface area contributed by atoms with Gasteiger partial charge in [0.1, 0.15) is 0 Å². The van der Waals surface area contributed by atoms with Crippen LogP contribution in [0.25, 0.3) is 0 Å². The molecule has 0 aromatic rings. The molecule has 2 aliphatic heterocycles. The fourth-order valence-electron chi connectivity index (χ4n) is 3.09. The van der Waals surface area contributed by atoms with Gasteiger partial charge in [0.25, 0.3) is 0 Å². The zero-order chi connectivity index (χ0) is 16.2. The summed E-state index contributed by atoms with van der Waals surface area (Å²) in [7, 11) is 0. The highest BCUT2D eigenvalue weighted by Gasteiger charge is 2.40. The Kier molecular flexibility index (Phi) is 5.81. The number of amides is 2. The third kappa shape index (κ3) is 4.43. The van der Waals surface area contributed by atoms with Crippen LogP contribution in [0.5, 0.6) is 0 Å². The Labute approximate surface area is 132 Å². The SMILES string of the molecule is CC(=O)N(CCC(=O)N1CCC2(CC1)OCCO2)CC(C)C. The van der Waals surface area contributed by atoms with E-state index in [4.69, 9.17) is 9.47 Å². The van der Waals surface area contributed by atoms with E-state index in [2.05, 4.69) is 13.8 Å². The molecule has 2 fully saturated rings. The average Bonchev–Trinajstić information content (AvgIpc) is 2.91. The minimum Gasteiger partial charge on any atom is -0.347 e. The molecular weight excluding hydrogens is 284 g/mol.